The Hall–Kier alpha value is -2.53. The molecule has 4 rings (SSSR count). The lowest BCUT2D eigenvalue weighted by molar-refractivity contribution is 0.129. The van der Waals surface area contributed by atoms with Gasteiger partial charge in [0.1, 0.15) is 11.6 Å². The normalized spacial score (nSPS) is 17.5. The summed E-state index contributed by atoms with van der Waals surface area (Å²) in [7, 11) is 0. The van der Waals surface area contributed by atoms with Crippen molar-refractivity contribution in [3.63, 3.8) is 0 Å². The fraction of sp³-hybridized carbons (Fsp3) is 0.481. The summed E-state index contributed by atoms with van der Waals surface area (Å²) >= 11 is 0. The molecular formula is C27H34FN3O. The Labute approximate surface area is 190 Å². The Kier molecular flexibility index (Phi) is 6.75. The lowest BCUT2D eigenvalue weighted by Crippen LogP contribution is -2.42. The molecule has 2 heterocycles. The fourth-order valence-corrected chi connectivity index (χ4v) is 4.85. The summed E-state index contributed by atoms with van der Waals surface area (Å²) < 4.78 is 16.1. The number of piperidine rings is 1. The van der Waals surface area contributed by atoms with Gasteiger partial charge in [-0.05, 0) is 68.5 Å². The van der Waals surface area contributed by atoms with Crippen LogP contribution in [-0.2, 0) is 13.0 Å². The van der Waals surface area contributed by atoms with Gasteiger partial charge in [0.05, 0.1) is 10.9 Å². The molecule has 0 amide bonds. The number of halogens is 1. The Balaban J connectivity index is 1.71. The van der Waals surface area contributed by atoms with Gasteiger partial charge >= 0.3 is 0 Å². The van der Waals surface area contributed by atoms with E-state index in [1.807, 2.05) is 28.8 Å². The highest BCUT2D eigenvalue weighted by atomic mass is 19.1. The molecule has 5 heteroatoms. The third kappa shape index (κ3) is 4.78. The van der Waals surface area contributed by atoms with Crippen molar-refractivity contribution in [2.75, 3.05) is 13.1 Å². The second kappa shape index (κ2) is 9.53. The van der Waals surface area contributed by atoms with Gasteiger partial charge in [-0.3, -0.25) is 9.36 Å². The van der Waals surface area contributed by atoms with E-state index < -0.39 is 0 Å². The van der Waals surface area contributed by atoms with Crippen LogP contribution in [0.25, 0.3) is 10.9 Å². The van der Waals surface area contributed by atoms with Gasteiger partial charge in [-0.2, -0.15) is 0 Å². The van der Waals surface area contributed by atoms with Gasteiger partial charge in [-0.15, -0.1) is 0 Å². The number of fused-ring (bicyclic) bond motifs is 1. The predicted molar refractivity (Wildman–Crippen MR) is 129 cm³/mol. The molecule has 0 aliphatic carbocycles. The Morgan fingerprint density at radius 2 is 1.91 bits per heavy atom. The van der Waals surface area contributed by atoms with Crippen molar-refractivity contribution in [2.45, 2.75) is 65.5 Å². The van der Waals surface area contributed by atoms with Crippen molar-refractivity contribution >= 4 is 10.9 Å². The van der Waals surface area contributed by atoms with Crippen molar-refractivity contribution in [1.82, 2.24) is 14.5 Å². The maximum absolute atomic E-state index is 14.1. The van der Waals surface area contributed by atoms with Crippen LogP contribution in [0.3, 0.4) is 0 Å². The number of aromatic nitrogens is 2. The van der Waals surface area contributed by atoms with Gasteiger partial charge in [-0.1, -0.05) is 38.1 Å². The maximum Gasteiger partial charge on any atom is 0.261 e. The van der Waals surface area contributed by atoms with Crippen molar-refractivity contribution in [1.29, 1.82) is 0 Å². The largest absolute Gasteiger partial charge is 0.301 e. The molecule has 0 N–H and O–H groups in total. The quantitative estimate of drug-likeness (QED) is 0.522. The van der Waals surface area contributed by atoms with Crippen molar-refractivity contribution < 1.29 is 4.39 Å². The van der Waals surface area contributed by atoms with Crippen LogP contribution in [0.1, 0.15) is 63.4 Å². The summed E-state index contributed by atoms with van der Waals surface area (Å²) in [5.41, 5.74) is 2.30. The predicted octanol–water partition coefficient (Wildman–Crippen LogP) is 5.37. The van der Waals surface area contributed by atoms with Gasteiger partial charge in [0.2, 0.25) is 0 Å². The van der Waals surface area contributed by atoms with E-state index in [1.54, 1.807) is 12.1 Å². The van der Waals surface area contributed by atoms with E-state index in [2.05, 4.69) is 32.6 Å². The molecule has 32 heavy (non-hydrogen) atoms. The number of hydrogen-bond acceptors (Lipinski definition) is 3. The van der Waals surface area contributed by atoms with E-state index in [9.17, 15) is 9.18 Å². The molecule has 3 aromatic rings. The molecule has 4 nitrogen and oxygen atoms in total. The maximum atomic E-state index is 14.1. The summed E-state index contributed by atoms with van der Waals surface area (Å²) in [5, 5.41) is 0.625. The summed E-state index contributed by atoms with van der Waals surface area (Å²) in [4.78, 5) is 21.1. The first-order valence-electron chi connectivity index (χ1n) is 11.8. The third-order valence-corrected chi connectivity index (χ3v) is 6.64. The van der Waals surface area contributed by atoms with Gasteiger partial charge in [0, 0.05) is 31.5 Å². The molecule has 1 aromatic heterocycles. The SMILES string of the molecule is CC(C)c1nc2ccc(Cc3ccccc3F)cc2c(=O)n1C[C@H]1CCCN(C(C)C)C1. The topological polar surface area (TPSA) is 38.1 Å². The molecule has 1 fully saturated rings. The minimum Gasteiger partial charge on any atom is -0.301 e. The Morgan fingerprint density at radius 1 is 1.12 bits per heavy atom. The van der Waals surface area contributed by atoms with Crippen LogP contribution < -0.4 is 5.56 Å². The van der Waals surface area contributed by atoms with E-state index in [0.29, 0.717) is 35.9 Å². The number of benzene rings is 2. The Bertz CT molecular complexity index is 1150. The number of likely N-dealkylation sites (tertiary alicyclic amines) is 1. The van der Waals surface area contributed by atoms with Crippen molar-refractivity contribution in [3.05, 3.63) is 75.6 Å². The minimum absolute atomic E-state index is 0.0238. The number of nitrogens with zero attached hydrogens (tertiary/aromatic N) is 3. The molecule has 1 aliphatic heterocycles. The zero-order valence-corrected chi connectivity index (χ0v) is 19.6. The van der Waals surface area contributed by atoms with Crippen molar-refractivity contribution in [3.8, 4) is 0 Å². The van der Waals surface area contributed by atoms with Crippen LogP contribution in [0, 0.1) is 11.7 Å². The number of hydrogen-bond donors (Lipinski definition) is 0. The van der Waals surface area contributed by atoms with Crippen LogP contribution in [0.15, 0.2) is 47.3 Å². The van der Waals surface area contributed by atoms with Crippen LogP contribution in [0.4, 0.5) is 4.39 Å². The zero-order chi connectivity index (χ0) is 22.8. The van der Waals surface area contributed by atoms with Gasteiger partial charge in [0.15, 0.2) is 0 Å². The highest BCUT2D eigenvalue weighted by Gasteiger charge is 2.24. The average Bonchev–Trinajstić information content (AvgIpc) is 2.77. The average molecular weight is 436 g/mol. The standard InChI is InChI=1S/C27H34FN3O/c1-18(2)26-29-25-12-11-20(14-22-9-5-6-10-24(22)28)15-23(25)27(32)31(26)17-21-8-7-13-30(16-21)19(3)4/h5-6,9-12,15,18-19,21H,7-8,13-14,16-17H2,1-4H3/t21-/m0/s1. The summed E-state index contributed by atoms with van der Waals surface area (Å²) in [6.45, 7) is 11.5. The van der Waals surface area contributed by atoms with Crippen LogP contribution in [0.2, 0.25) is 0 Å². The van der Waals surface area contributed by atoms with Crippen LogP contribution in [-0.4, -0.2) is 33.6 Å². The van der Waals surface area contributed by atoms with E-state index in [1.165, 1.54) is 12.5 Å². The molecular weight excluding hydrogens is 401 g/mol. The summed E-state index contributed by atoms with van der Waals surface area (Å²) in [6.07, 6.45) is 2.76. The fourth-order valence-electron chi connectivity index (χ4n) is 4.85. The molecule has 2 aromatic carbocycles. The zero-order valence-electron chi connectivity index (χ0n) is 19.6. The van der Waals surface area contributed by atoms with Gasteiger partial charge in [0.25, 0.3) is 5.56 Å². The van der Waals surface area contributed by atoms with Gasteiger partial charge in [-0.25, -0.2) is 9.37 Å². The molecule has 0 saturated carbocycles. The number of rotatable bonds is 6. The highest BCUT2D eigenvalue weighted by molar-refractivity contribution is 5.78. The van der Waals surface area contributed by atoms with E-state index in [4.69, 9.17) is 4.98 Å². The summed E-state index contributed by atoms with van der Waals surface area (Å²) in [6, 6.07) is 13.1. The molecule has 170 valence electrons. The van der Waals surface area contributed by atoms with Crippen molar-refractivity contribution in [2.24, 2.45) is 5.92 Å². The van der Waals surface area contributed by atoms with Gasteiger partial charge < -0.3 is 4.90 Å². The van der Waals surface area contributed by atoms with Crippen LogP contribution >= 0.6 is 0 Å². The van der Waals surface area contributed by atoms with E-state index in [-0.39, 0.29) is 17.3 Å². The molecule has 1 saturated heterocycles. The molecule has 1 aliphatic rings. The second-order valence-electron chi connectivity index (χ2n) is 9.76. The lowest BCUT2D eigenvalue weighted by atomic mass is 9.96. The van der Waals surface area contributed by atoms with E-state index in [0.717, 1.165) is 36.4 Å². The first-order chi connectivity index (χ1) is 15.3. The monoisotopic (exact) mass is 435 g/mol. The Morgan fingerprint density at radius 3 is 2.62 bits per heavy atom. The molecule has 0 bridgehead atoms. The van der Waals surface area contributed by atoms with E-state index >= 15 is 0 Å². The molecule has 0 unspecified atom stereocenters. The minimum atomic E-state index is -0.217. The first kappa shape index (κ1) is 22.7. The highest BCUT2D eigenvalue weighted by Crippen LogP contribution is 2.23. The lowest BCUT2D eigenvalue weighted by Gasteiger charge is -2.36. The molecule has 0 spiro atoms. The first-order valence-corrected chi connectivity index (χ1v) is 11.8. The molecule has 1 atom stereocenters. The smallest absolute Gasteiger partial charge is 0.261 e. The van der Waals surface area contributed by atoms with Crippen LogP contribution in [0.5, 0.6) is 0 Å². The summed E-state index contributed by atoms with van der Waals surface area (Å²) in [5.74, 6) is 1.24. The second-order valence-corrected chi connectivity index (χ2v) is 9.76. The molecule has 0 radical (unpaired) electrons. The third-order valence-electron chi connectivity index (χ3n) is 6.64.